The van der Waals surface area contributed by atoms with Crippen molar-refractivity contribution in [3.63, 3.8) is 0 Å². The fourth-order valence-electron chi connectivity index (χ4n) is 3.73. The molecule has 1 aliphatic heterocycles. The van der Waals surface area contributed by atoms with E-state index < -0.39 is 23.8 Å². The molecule has 1 aromatic carbocycles. The summed E-state index contributed by atoms with van der Waals surface area (Å²) in [6, 6.07) is 9.17. The molecule has 2 amide bonds. The number of esters is 1. The Labute approximate surface area is 205 Å². The molecule has 190 valence electrons. The summed E-state index contributed by atoms with van der Waals surface area (Å²) in [7, 11) is 0. The van der Waals surface area contributed by atoms with E-state index in [0.717, 1.165) is 5.56 Å². The van der Waals surface area contributed by atoms with Crippen LogP contribution in [0.3, 0.4) is 0 Å². The van der Waals surface area contributed by atoms with Gasteiger partial charge in [0.25, 0.3) is 0 Å². The largest absolute Gasteiger partial charge is 0.462 e. The van der Waals surface area contributed by atoms with Crippen molar-refractivity contribution < 1.29 is 28.6 Å². The number of ether oxygens (including phenoxy) is 3. The van der Waals surface area contributed by atoms with E-state index in [4.69, 9.17) is 14.2 Å². The summed E-state index contributed by atoms with van der Waals surface area (Å²) < 4.78 is 17.7. The van der Waals surface area contributed by atoms with Crippen molar-refractivity contribution in [3.05, 3.63) is 53.9 Å². The van der Waals surface area contributed by atoms with E-state index in [1.807, 2.05) is 51.1 Å². The number of benzene rings is 1. The number of rotatable bonds is 7. The Hall–Kier alpha value is -3.56. The lowest BCUT2D eigenvalue weighted by molar-refractivity contribution is -0.00514. The van der Waals surface area contributed by atoms with Gasteiger partial charge in [-0.3, -0.25) is 4.68 Å². The zero-order chi connectivity index (χ0) is 25.4. The van der Waals surface area contributed by atoms with E-state index >= 15 is 0 Å². The quantitative estimate of drug-likeness (QED) is 0.434. The highest BCUT2D eigenvalue weighted by Gasteiger charge is 2.35. The fourth-order valence-corrected chi connectivity index (χ4v) is 3.73. The number of hydrogen-bond acceptors (Lipinski definition) is 7. The van der Waals surface area contributed by atoms with Crippen LogP contribution < -0.4 is 0 Å². The van der Waals surface area contributed by atoms with Crippen LogP contribution in [0.2, 0.25) is 0 Å². The van der Waals surface area contributed by atoms with Gasteiger partial charge in [-0.15, -0.1) is 0 Å². The van der Waals surface area contributed by atoms with Gasteiger partial charge in [-0.2, -0.15) is 5.10 Å². The molecule has 0 N–H and O–H groups in total. The maximum Gasteiger partial charge on any atom is 0.410 e. The standard InChI is InChI=1S/C25H34N4O6/c1-5-33-22(30)20-15-26-28(16-20)12-11-21-17-27(13-14-29(21)24(32)35-25(2,3)4)23(31)34-18-19-9-7-6-8-10-19/h6-10,15-16,21H,5,11-14,17-18H2,1-4H3/t21-/m1/s1. The molecule has 0 aliphatic carbocycles. The number of carbonyl (C=O) groups excluding carboxylic acids is 3. The summed E-state index contributed by atoms with van der Waals surface area (Å²) in [5.41, 5.74) is 0.635. The maximum atomic E-state index is 12.9. The second-order valence-corrected chi connectivity index (χ2v) is 9.31. The molecule has 1 aromatic heterocycles. The number of piperazine rings is 1. The maximum absolute atomic E-state index is 12.9. The average molecular weight is 487 g/mol. The van der Waals surface area contributed by atoms with Crippen LogP contribution in [-0.2, 0) is 27.4 Å². The molecule has 1 saturated heterocycles. The van der Waals surface area contributed by atoms with Crippen molar-refractivity contribution in [2.24, 2.45) is 0 Å². The molecular weight excluding hydrogens is 452 g/mol. The third-order valence-corrected chi connectivity index (χ3v) is 5.41. The van der Waals surface area contributed by atoms with E-state index in [1.54, 1.807) is 27.6 Å². The molecule has 0 spiro atoms. The van der Waals surface area contributed by atoms with Crippen molar-refractivity contribution >= 4 is 18.2 Å². The predicted octanol–water partition coefficient (Wildman–Crippen LogP) is 3.71. The van der Waals surface area contributed by atoms with E-state index in [-0.39, 0.29) is 19.3 Å². The van der Waals surface area contributed by atoms with Crippen molar-refractivity contribution in [1.29, 1.82) is 0 Å². The highest BCUT2D eigenvalue weighted by Crippen LogP contribution is 2.19. The van der Waals surface area contributed by atoms with Crippen LogP contribution in [0.15, 0.2) is 42.7 Å². The summed E-state index contributed by atoms with van der Waals surface area (Å²) >= 11 is 0. The number of carbonyl (C=O) groups is 3. The van der Waals surface area contributed by atoms with E-state index in [9.17, 15) is 14.4 Å². The minimum atomic E-state index is -0.635. The first-order valence-corrected chi connectivity index (χ1v) is 11.8. The van der Waals surface area contributed by atoms with Crippen molar-refractivity contribution in [1.82, 2.24) is 19.6 Å². The normalized spacial score (nSPS) is 16.1. The van der Waals surface area contributed by atoms with Gasteiger partial charge in [0.2, 0.25) is 0 Å². The SMILES string of the molecule is CCOC(=O)c1cnn(CC[C@@H]2CN(C(=O)OCc3ccccc3)CCN2C(=O)OC(C)(C)C)c1. The molecule has 0 bridgehead atoms. The Morgan fingerprint density at radius 3 is 2.49 bits per heavy atom. The fraction of sp³-hybridized carbons (Fsp3) is 0.520. The van der Waals surface area contributed by atoms with E-state index in [1.165, 1.54) is 6.20 Å². The minimum Gasteiger partial charge on any atom is -0.462 e. The molecule has 10 heteroatoms. The van der Waals surface area contributed by atoms with Gasteiger partial charge >= 0.3 is 18.2 Å². The molecule has 0 unspecified atom stereocenters. The second-order valence-electron chi connectivity index (χ2n) is 9.31. The molecular formula is C25H34N4O6. The molecule has 2 aromatic rings. The number of amides is 2. The lowest BCUT2D eigenvalue weighted by Crippen LogP contribution is -2.57. The van der Waals surface area contributed by atoms with E-state index in [0.29, 0.717) is 38.2 Å². The van der Waals surface area contributed by atoms with Gasteiger partial charge in [-0.25, -0.2) is 14.4 Å². The summed E-state index contributed by atoms with van der Waals surface area (Å²) in [4.78, 5) is 40.8. The Morgan fingerprint density at radius 1 is 1.06 bits per heavy atom. The van der Waals surface area contributed by atoms with Crippen molar-refractivity contribution in [3.8, 4) is 0 Å². The van der Waals surface area contributed by atoms with Gasteiger partial charge in [0.05, 0.1) is 24.4 Å². The molecule has 1 atom stereocenters. The summed E-state index contributed by atoms with van der Waals surface area (Å²) in [6.45, 7) is 9.08. The third-order valence-electron chi connectivity index (χ3n) is 5.41. The van der Waals surface area contributed by atoms with Crippen molar-refractivity contribution in [2.75, 3.05) is 26.2 Å². The Kier molecular flexibility index (Phi) is 8.73. The van der Waals surface area contributed by atoms with E-state index in [2.05, 4.69) is 5.10 Å². The molecule has 10 nitrogen and oxygen atoms in total. The topological polar surface area (TPSA) is 103 Å². The molecule has 0 saturated carbocycles. The van der Waals surface area contributed by atoms with Crippen molar-refractivity contribution in [2.45, 2.75) is 58.9 Å². The van der Waals surface area contributed by atoms with Gasteiger partial charge in [0.1, 0.15) is 12.2 Å². The molecule has 1 aliphatic rings. The second kappa shape index (κ2) is 11.7. The summed E-state index contributed by atoms with van der Waals surface area (Å²) in [5.74, 6) is -0.431. The van der Waals surface area contributed by atoms with Gasteiger partial charge in [-0.05, 0) is 39.7 Å². The number of hydrogen-bond donors (Lipinski definition) is 0. The predicted molar refractivity (Wildman–Crippen MR) is 128 cm³/mol. The Morgan fingerprint density at radius 2 is 1.80 bits per heavy atom. The van der Waals surface area contributed by atoms with Crippen LogP contribution in [0.1, 0.15) is 50.0 Å². The zero-order valence-electron chi connectivity index (χ0n) is 20.8. The van der Waals surface area contributed by atoms with Gasteiger partial charge in [0.15, 0.2) is 0 Å². The van der Waals surface area contributed by atoms with Gasteiger partial charge in [-0.1, -0.05) is 30.3 Å². The van der Waals surface area contributed by atoms with Crippen LogP contribution in [0.25, 0.3) is 0 Å². The molecule has 1 fully saturated rings. The highest BCUT2D eigenvalue weighted by atomic mass is 16.6. The number of aryl methyl sites for hydroxylation is 1. The third kappa shape index (κ3) is 7.73. The summed E-state index contributed by atoms with van der Waals surface area (Å²) in [6.07, 6.45) is 2.73. The first-order valence-electron chi connectivity index (χ1n) is 11.8. The monoisotopic (exact) mass is 486 g/mol. The first kappa shape index (κ1) is 26.1. The van der Waals surface area contributed by atoms with Crippen LogP contribution in [0.5, 0.6) is 0 Å². The summed E-state index contributed by atoms with van der Waals surface area (Å²) in [5, 5.41) is 4.23. The van der Waals surface area contributed by atoms with Crippen LogP contribution in [0.4, 0.5) is 9.59 Å². The molecule has 2 heterocycles. The molecule has 0 radical (unpaired) electrons. The van der Waals surface area contributed by atoms with Crippen LogP contribution >= 0.6 is 0 Å². The highest BCUT2D eigenvalue weighted by molar-refractivity contribution is 5.88. The van der Waals surface area contributed by atoms with Crippen LogP contribution in [-0.4, -0.2) is 75.6 Å². The first-order chi connectivity index (χ1) is 16.7. The lowest BCUT2D eigenvalue weighted by atomic mass is 10.1. The van der Waals surface area contributed by atoms with Gasteiger partial charge in [0, 0.05) is 32.4 Å². The number of aromatic nitrogens is 2. The zero-order valence-corrected chi connectivity index (χ0v) is 20.8. The Balaban J connectivity index is 1.65. The average Bonchev–Trinajstić information content (AvgIpc) is 3.30. The minimum absolute atomic E-state index is 0.181. The van der Waals surface area contributed by atoms with Gasteiger partial charge < -0.3 is 24.0 Å². The molecule has 3 rings (SSSR count). The lowest BCUT2D eigenvalue weighted by Gasteiger charge is -2.41. The molecule has 35 heavy (non-hydrogen) atoms. The smallest absolute Gasteiger partial charge is 0.410 e. The Bertz CT molecular complexity index is 1000. The number of nitrogens with zero attached hydrogens (tertiary/aromatic N) is 4. The van der Waals surface area contributed by atoms with Crippen LogP contribution in [0, 0.1) is 0 Å².